The third-order valence-electron chi connectivity index (χ3n) is 6.32. The molecule has 220 valence electrons. The van der Waals surface area contributed by atoms with E-state index in [1.54, 1.807) is 45.7 Å². The fourth-order valence-electron chi connectivity index (χ4n) is 4.33. The number of likely N-dealkylation sites (N-methyl/N-ethyl adjacent to an activating group) is 1. The number of phenolic OH excluding ortho intramolecular Hbond substituents is 1. The summed E-state index contributed by atoms with van der Waals surface area (Å²) >= 11 is 0. The molecule has 3 N–H and O–H groups in total. The van der Waals surface area contributed by atoms with Crippen LogP contribution in [0.5, 0.6) is 5.75 Å². The lowest BCUT2D eigenvalue weighted by molar-refractivity contribution is -0.137. The predicted molar refractivity (Wildman–Crippen MR) is 144 cm³/mol. The number of hydrogen-bond acceptors (Lipinski definition) is 8. The zero-order valence-electron chi connectivity index (χ0n) is 23.4. The SMILES string of the molecule is Cc1cc(NC2CCCN(CC(=O)N(C)CCNC(=O)OC(C)(C)C)C2)nnc1-c1ccc(C(F)(F)F)cc1O. The smallest absolute Gasteiger partial charge is 0.416 e. The van der Waals surface area contributed by atoms with Crippen LogP contribution in [0.4, 0.5) is 23.8 Å². The third-order valence-corrected chi connectivity index (χ3v) is 6.32. The zero-order valence-corrected chi connectivity index (χ0v) is 23.4. The number of alkyl carbamates (subject to hydrolysis) is 1. The van der Waals surface area contributed by atoms with Crippen molar-refractivity contribution in [2.75, 3.05) is 45.1 Å². The molecule has 1 aromatic heterocycles. The number of carbonyl (C=O) groups excluding carboxylic acids is 2. The van der Waals surface area contributed by atoms with Crippen molar-refractivity contribution in [1.82, 2.24) is 25.3 Å². The summed E-state index contributed by atoms with van der Waals surface area (Å²) in [6, 6.07) is 4.50. The van der Waals surface area contributed by atoms with Crippen molar-refractivity contribution in [1.29, 1.82) is 0 Å². The molecule has 10 nitrogen and oxygen atoms in total. The number of carbonyl (C=O) groups is 2. The van der Waals surface area contributed by atoms with Gasteiger partial charge in [0.15, 0.2) is 0 Å². The topological polar surface area (TPSA) is 120 Å². The van der Waals surface area contributed by atoms with Gasteiger partial charge < -0.3 is 25.4 Å². The van der Waals surface area contributed by atoms with Crippen molar-refractivity contribution in [3.8, 4) is 17.0 Å². The number of amides is 2. The van der Waals surface area contributed by atoms with E-state index in [-0.39, 0.29) is 36.3 Å². The highest BCUT2D eigenvalue weighted by Gasteiger charge is 2.31. The Morgan fingerprint density at radius 3 is 2.55 bits per heavy atom. The fraction of sp³-hybridized carbons (Fsp3) is 0.556. The molecule has 0 bridgehead atoms. The molecule has 40 heavy (non-hydrogen) atoms. The second kappa shape index (κ2) is 12.7. The maximum absolute atomic E-state index is 12.9. The van der Waals surface area contributed by atoms with Gasteiger partial charge >= 0.3 is 12.3 Å². The molecule has 13 heteroatoms. The number of rotatable bonds is 8. The first kappa shape index (κ1) is 30.9. The van der Waals surface area contributed by atoms with Crippen molar-refractivity contribution >= 4 is 17.8 Å². The molecule has 1 atom stereocenters. The number of hydrogen-bond donors (Lipinski definition) is 3. The molecule has 3 rings (SSSR count). The molecule has 2 amide bonds. The summed E-state index contributed by atoms with van der Waals surface area (Å²) in [6.45, 7) is 9.32. The molecule has 1 fully saturated rings. The van der Waals surface area contributed by atoms with Gasteiger partial charge in [0, 0.05) is 38.3 Å². The number of aromatic nitrogens is 2. The van der Waals surface area contributed by atoms with Crippen molar-refractivity contribution in [3.05, 3.63) is 35.4 Å². The third kappa shape index (κ3) is 8.97. The number of alkyl halides is 3. The maximum atomic E-state index is 12.9. The molecule has 2 aromatic rings. The molecule has 0 radical (unpaired) electrons. The van der Waals surface area contributed by atoms with E-state index in [0.717, 1.165) is 25.5 Å². The van der Waals surface area contributed by atoms with Crippen molar-refractivity contribution in [2.24, 2.45) is 0 Å². The van der Waals surface area contributed by atoms with Crippen LogP contribution in [0.3, 0.4) is 0 Å². The normalized spacial score (nSPS) is 16.4. The lowest BCUT2D eigenvalue weighted by atomic mass is 10.0. The van der Waals surface area contributed by atoms with E-state index in [1.165, 1.54) is 6.07 Å². The molecule has 1 saturated heterocycles. The highest BCUT2D eigenvalue weighted by atomic mass is 19.4. The van der Waals surface area contributed by atoms with Crippen molar-refractivity contribution < 1.29 is 32.6 Å². The largest absolute Gasteiger partial charge is 0.507 e. The number of aromatic hydroxyl groups is 1. The fourth-order valence-corrected chi connectivity index (χ4v) is 4.33. The lowest BCUT2D eigenvalue weighted by Crippen LogP contribution is -2.47. The van der Waals surface area contributed by atoms with Crippen LogP contribution in [0.2, 0.25) is 0 Å². The average Bonchev–Trinajstić information content (AvgIpc) is 2.83. The average molecular weight is 567 g/mol. The highest BCUT2D eigenvalue weighted by molar-refractivity contribution is 5.78. The lowest BCUT2D eigenvalue weighted by Gasteiger charge is -2.33. The number of aryl methyl sites for hydroxylation is 1. The second-order valence-electron chi connectivity index (χ2n) is 11.0. The minimum atomic E-state index is -4.56. The van der Waals surface area contributed by atoms with Gasteiger partial charge in [-0.3, -0.25) is 9.69 Å². The molecule has 1 aliphatic heterocycles. The number of likely N-dealkylation sites (tertiary alicyclic amines) is 1. The van der Waals surface area contributed by atoms with Gasteiger partial charge in [0.05, 0.1) is 17.8 Å². The molecular formula is C27H37F3N6O4. The van der Waals surface area contributed by atoms with Crippen LogP contribution >= 0.6 is 0 Å². The number of anilines is 1. The van der Waals surface area contributed by atoms with Crippen LogP contribution < -0.4 is 10.6 Å². The first-order chi connectivity index (χ1) is 18.6. The molecule has 0 spiro atoms. The summed E-state index contributed by atoms with van der Waals surface area (Å²) in [5.41, 5.74) is -0.445. The van der Waals surface area contributed by atoms with E-state index in [4.69, 9.17) is 4.74 Å². The van der Waals surface area contributed by atoms with E-state index in [9.17, 15) is 27.9 Å². The van der Waals surface area contributed by atoms with Crippen LogP contribution in [0.15, 0.2) is 24.3 Å². The van der Waals surface area contributed by atoms with Gasteiger partial charge in [-0.15, -0.1) is 10.2 Å². The van der Waals surface area contributed by atoms with E-state index < -0.39 is 29.2 Å². The molecule has 0 aliphatic carbocycles. The minimum absolute atomic E-state index is 0.0136. The molecule has 1 aliphatic rings. The van der Waals surface area contributed by atoms with Crippen LogP contribution in [0.25, 0.3) is 11.3 Å². The van der Waals surface area contributed by atoms with Crippen LogP contribution in [-0.2, 0) is 15.7 Å². The Bertz CT molecular complexity index is 1200. The monoisotopic (exact) mass is 566 g/mol. The van der Waals surface area contributed by atoms with E-state index in [1.807, 2.05) is 0 Å². The number of halogens is 3. The summed E-state index contributed by atoms with van der Waals surface area (Å²) in [4.78, 5) is 28.1. The first-order valence-corrected chi connectivity index (χ1v) is 13.1. The van der Waals surface area contributed by atoms with Crippen LogP contribution in [-0.4, -0.2) is 88.5 Å². The van der Waals surface area contributed by atoms with Crippen LogP contribution in [0, 0.1) is 6.92 Å². The maximum Gasteiger partial charge on any atom is 0.416 e. The summed E-state index contributed by atoms with van der Waals surface area (Å²) in [6.07, 6.45) is -3.35. The summed E-state index contributed by atoms with van der Waals surface area (Å²) in [7, 11) is 1.69. The van der Waals surface area contributed by atoms with Gasteiger partial charge in [-0.1, -0.05) is 0 Å². The first-order valence-electron chi connectivity index (χ1n) is 13.1. The predicted octanol–water partition coefficient (Wildman–Crippen LogP) is 4.04. The van der Waals surface area contributed by atoms with E-state index >= 15 is 0 Å². The van der Waals surface area contributed by atoms with Gasteiger partial charge in [0.25, 0.3) is 0 Å². The Kier molecular flexibility index (Phi) is 9.82. The van der Waals surface area contributed by atoms with Gasteiger partial charge in [-0.05, 0) is 76.9 Å². The van der Waals surface area contributed by atoms with Crippen molar-refractivity contribution in [2.45, 2.75) is 58.4 Å². The Morgan fingerprint density at radius 2 is 1.93 bits per heavy atom. The summed E-state index contributed by atoms with van der Waals surface area (Å²) < 4.78 is 44.0. The molecule has 0 saturated carbocycles. The molecule has 1 unspecified atom stereocenters. The highest BCUT2D eigenvalue weighted by Crippen LogP contribution is 2.36. The van der Waals surface area contributed by atoms with Crippen molar-refractivity contribution in [3.63, 3.8) is 0 Å². The molecule has 2 heterocycles. The van der Waals surface area contributed by atoms with Gasteiger partial charge in [-0.25, -0.2) is 4.79 Å². The van der Waals surface area contributed by atoms with E-state index in [2.05, 4.69) is 25.7 Å². The second-order valence-corrected chi connectivity index (χ2v) is 11.0. The standard InChI is InChI=1S/C27H37F3N6O4/c1-17-13-22(33-34-24(17)20-9-8-18(14-21(20)37)27(28,29)30)32-19-7-6-11-36(15-19)16-23(38)35(5)12-10-31-25(39)40-26(2,3)4/h8-9,13-14,19,37H,6-7,10-12,15-16H2,1-5H3,(H,31,39)(H,32,33). The molecule has 1 aromatic carbocycles. The van der Waals surface area contributed by atoms with Gasteiger partial charge in [0.2, 0.25) is 5.91 Å². The Labute approximate surface area is 231 Å². The number of nitrogens with zero attached hydrogens (tertiary/aromatic N) is 4. The number of benzene rings is 1. The molecular weight excluding hydrogens is 529 g/mol. The summed E-state index contributed by atoms with van der Waals surface area (Å²) in [5.74, 6) is -0.0924. The minimum Gasteiger partial charge on any atom is -0.507 e. The zero-order chi connectivity index (χ0) is 29.7. The van der Waals surface area contributed by atoms with E-state index in [0.29, 0.717) is 30.5 Å². The Morgan fingerprint density at radius 1 is 1.20 bits per heavy atom. The quantitative estimate of drug-likeness (QED) is 0.438. The number of nitrogens with one attached hydrogen (secondary N) is 2. The Balaban J connectivity index is 1.52. The Hall–Kier alpha value is -3.61. The van der Waals surface area contributed by atoms with Gasteiger partial charge in [0.1, 0.15) is 17.2 Å². The van der Waals surface area contributed by atoms with Gasteiger partial charge in [-0.2, -0.15) is 13.2 Å². The van der Waals surface area contributed by atoms with Crippen LogP contribution in [0.1, 0.15) is 44.7 Å². The number of ether oxygens (including phenoxy) is 1. The number of piperidine rings is 1. The summed E-state index contributed by atoms with van der Waals surface area (Å²) in [5, 5.41) is 24.5. The number of phenols is 1.